The molecule has 118 valence electrons. The monoisotopic (exact) mass is 298 g/mol. The van der Waals surface area contributed by atoms with Crippen molar-refractivity contribution in [2.24, 2.45) is 11.8 Å². The average Bonchev–Trinajstić information content (AvgIpc) is 2.70. The summed E-state index contributed by atoms with van der Waals surface area (Å²) in [5.74, 6) is -4.51. The molecule has 1 atom stereocenters. The van der Waals surface area contributed by atoms with Crippen molar-refractivity contribution in [3.8, 4) is 0 Å². The molecule has 0 saturated carbocycles. The van der Waals surface area contributed by atoms with Crippen molar-refractivity contribution in [3.05, 3.63) is 34.6 Å². The molecule has 0 nitrogen and oxygen atoms in total. The Labute approximate surface area is 125 Å². The minimum absolute atomic E-state index is 0.0214. The molecule has 1 unspecified atom stereocenters. The lowest BCUT2D eigenvalue weighted by atomic mass is 9.81. The Morgan fingerprint density at radius 1 is 1.14 bits per heavy atom. The molecular formula is C18H25F3. The highest BCUT2D eigenvalue weighted by atomic mass is 19.3. The average molecular weight is 298 g/mol. The molecule has 0 N–H and O–H groups in total. The highest BCUT2D eigenvalue weighted by Crippen LogP contribution is 2.52. The van der Waals surface area contributed by atoms with Gasteiger partial charge in [-0.15, -0.1) is 0 Å². The zero-order valence-electron chi connectivity index (χ0n) is 13.2. The highest BCUT2D eigenvalue weighted by Gasteiger charge is 2.52. The third-order valence-corrected chi connectivity index (χ3v) is 4.77. The first-order valence-corrected chi connectivity index (χ1v) is 8.15. The van der Waals surface area contributed by atoms with E-state index in [0.717, 1.165) is 31.2 Å². The topological polar surface area (TPSA) is 0 Å². The van der Waals surface area contributed by atoms with E-state index in [0.29, 0.717) is 18.4 Å². The van der Waals surface area contributed by atoms with Crippen LogP contribution in [0.25, 0.3) is 0 Å². The second-order valence-electron chi connectivity index (χ2n) is 6.24. The van der Waals surface area contributed by atoms with Crippen molar-refractivity contribution in [2.75, 3.05) is 0 Å². The van der Waals surface area contributed by atoms with Crippen LogP contribution in [0.1, 0.15) is 63.1 Å². The van der Waals surface area contributed by atoms with Crippen LogP contribution in [0.15, 0.2) is 12.1 Å². The van der Waals surface area contributed by atoms with E-state index < -0.39 is 17.7 Å². The summed E-state index contributed by atoms with van der Waals surface area (Å²) in [7, 11) is 0. The van der Waals surface area contributed by atoms with Gasteiger partial charge in [0.25, 0.3) is 5.92 Å². The Balaban J connectivity index is 2.39. The molecule has 1 aliphatic rings. The highest BCUT2D eigenvalue weighted by molar-refractivity contribution is 5.41. The SMILES string of the molecule is CCCC(CCC)C1Cc2cc(CC)cc(F)c2C1(F)F. The van der Waals surface area contributed by atoms with Crippen molar-refractivity contribution in [1.29, 1.82) is 0 Å². The molecule has 0 amide bonds. The Morgan fingerprint density at radius 3 is 2.29 bits per heavy atom. The second-order valence-corrected chi connectivity index (χ2v) is 6.24. The van der Waals surface area contributed by atoms with Crippen LogP contribution >= 0.6 is 0 Å². The quantitative estimate of drug-likeness (QED) is 0.616. The maximum atomic E-state index is 14.8. The van der Waals surface area contributed by atoms with Crippen LogP contribution < -0.4 is 0 Å². The zero-order chi connectivity index (χ0) is 15.6. The third kappa shape index (κ3) is 2.97. The lowest BCUT2D eigenvalue weighted by molar-refractivity contribution is -0.0794. The van der Waals surface area contributed by atoms with Crippen LogP contribution in [-0.4, -0.2) is 0 Å². The Morgan fingerprint density at radius 2 is 1.76 bits per heavy atom. The molecule has 0 fully saturated rings. The van der Waals surface area contributed by atoms with Crippen LogP contribution in [-0.2, 0) is 18.8 Å². The first-order chi connectivity index (χ1) is 9.95. The third-order valence-electron chi connectivity index (χ3n) is 4.77. The molecule has 0 bridgehead atoms. The summed E-state index contributed by atoms with van der Waals surface area (Å²) in [6, 6.07) is 3.06. The van der Waals surface area contributed by atoms with Crippen molar-refractivity contribution in [1.82, 2.24) is 0 Å². The summed E-state index contributed by atoms with van der Waals surface area (Å²) in [6.07, 6.45) is 4.38. The lowest BCUT2D eigenvalue weighted by Gasteiger charge is -2.28. The van der Waals surface area contributed by atoms with Crippen LogP contribution in [0.5, 0.6) is 0 Å². The largest absolute Gasteiger partial charge is 0.279 e. The Kier molecular flexibility index (Phi) is 5.00. The van der Waals surface area contributed by atoms with Gasteiger partial charge >= 0.3 is 0 Å². The number of rotatable bonds is 6. The van der Waals surface area contributed by atoms with Gasteiger partial charge in [-0.1, -0.05) is 52.5 Å². The fourth-order valence-corrected chi connectivity index (χ4v) is 3.77. The predicted molar refractivity (Wildman–Crippen MR) is 80.2 cm³/mol. The van der Waals surface area contributed by atoms with E-state index in [4.69, 9.17) is 0 Å². The van der Waals surface area contributed by atoms with Gasteiger partial charge in [-0.25, -0.2) is 13.2 Å². The standard InChI is InChI=1S/C18H25F3/c1-4-7-13(8-5-2)15-11-14-9-12(6-3)10-16(19)17(14)18(15,20)21/h9-10,13,15H,4-8,11H2,1-3H3. The number of halogens is 3. The van der Waals surface area contributed by atoms with E-state index in [1.807, 2.05) is 20.8 Å². The van der Waals surface area contributed by atoms with Gasteiger partial charge < -0.3 is 0 Å². The van der Waals surface area contributed by atoms with Gasteiger partial charge in [0, 0.05) is 5.92 Å². The summed E-state index contributed by atoms with van der Waals surface area (Å²) in [4.78, 5) is 0. The fraction of sp³-hybridized carbons (Fsp3) is 0.667. The number of alkyl halides is 2. The predicted octanol–water partition coefficient (Wildman–Crippen LogP) is 5.87. The first-order valence-electron chi connectivity index (χ1n) is 8.15. The molecule has 0 aliphatic heterocycles. The molecule has 3 heteroatoms. The zero-order valence-corrected chi connectivity index (χ0v) is 13.2. The molecule has 1 aromatic rings. The van der Waals surface area contributed by atoms with Gasteiger partial charge in [0.05, 0.1) is 5.56 Å². The van der Waals surface area contributed by atoms with Gasteiger partial charge in [-0.2, -0.15) is 0 Å². The van der Waals surface area contributed by atoms with E-state index in [-0.39, 0.29) is 11.5 Å². The minimum Gasteiger partial charge on any atom is -0.206 e. The fourth-order valence-electron chi connectivity index (χ4n) is 3.77. The van der Waals surface area contributed by atoms with Gasteiger partial charge in [0.2, 0.25) is 0 Å². The molecule has 0 saturated heterocycles. The van der Waals surface area contributed by atoms with E-state index in [9.17, 15) is 13.2 Å². The Hall–Kier alpha value is -0.990. The molecule has 21 heavy (non-hydrogen) atoms. The van der Waals surface area contributed by atoms with Crippen molar-refractivity contribution >= 4 is 0 Å². The van der Waals surface area contributed by atoms with Gasteiger partial charge in [0.15, 0.2) is 0 Å². The maximum Gasteiger partial charge on any atom is 0.279 e. The number of hydrogen-bond donors (Lipinski definition) is 0. The number of hydrogen-bond acceptors (Lipinski definition) is 0. The lowest BCUT2D eigenvalue weighted by Crippen LogP contribution is -2.29. The molecular weight excluding hydrogens is 273 g/mol. The minimum atomic E-state index is -3.03. The number of aryl methyl sites for hydroxylation is 1. The van der Waals surface area contributed by atoms with Crippen molar-refractivity contribution < 1.29 is 13.2 Å². The molecule has 0 radical (unpaired) electrons. The normalized spacial score (nSPS) is 20.0. The van der Waals surface area contributed by atoms with Gasteiger partial charge in [-0.3, -0.25) is 0 Å². The molecule has 1 aromatic carbocycles. The first kappa shape index (κ1) is 16.4. The summed E-state index contributed by atoms with van der Waals surface area (Å²) >= 11 is 0. The van der Waals surface area contributed by atoms with E-state index in [2.05, 4.69) is 0 Å². The molecule has 2 rings (SSSR count). The summed E-state index contributed by atoms with van der Waals surface area (Å²) in [5, 5.41) is 0. The van der Waals surface area contributed by atoms with Gasteiger partial charge in [-0.05, 0) is 36.0 Å². The summed E-state index contributed by atoms with van der Waals surface area (Å²) in [5.41, 5.74) is 1.01. The van der Waals surface area contributed by atoms with E-state index >= 15 is 0 Å². The van der Waals surface area contributed by atoms with Crippen LogP contribution in [0.3, 0.4) is 0 Å². The molecule has 0 aromatic heterocycles. The number of fused-ring (bicyclic) bond motifs is 1. The maximum absolute atomic E-state index is 14.8. The smallest absolute Gasteiger partial charge is 0.206 e. The van der Waals surface area contributed by atoms with Gasteiger partial charge in [0.1, 0.15) is 5.82 Å². The van der Waals surface area contributed by atoms with Crippen molar-refractivity contribution in [2.45, 2.75) is 65.2 Å². The summed E-state index contributed by atoms with van der Waals surface area (Å²) < 4.78 is 43.7. The Bertz CT molecular complexity index is 487. The van der Waals surface area contributed by atoms with Crippen molar-refractivity contribution in [3.63, 3.8) is 0 Å². The van der Waals surface area contributed by atoms with Crippen LogP contribution in [0.4, 0.5) is 13.2 Å². The molecule has 1 aliphatic carbocycles. The van der Waals surface area contributed by atoms with Crippen LogP contribution in [0.2, 0.25) is 0 Å². The van der Waals surface area contributed by atoms with E-state index in [1.54, 1.807) is 6.07 Å². The number of benzene rings is 1. The molecule has 0 heterocycles. The van der Waals surface area contributed by atoms with Crippen LogP contribution in [0, 0.1) is 17.7 Å². The second kappa shape index (κ2) is 6.41. The molecule has 0 spiro atoms. The van der Waals surface area contributed by atoms with E-state index in [1.165, 1.54) is 6.07 Å². The summed E-state index contributed by atoms with van der Waals surface area (Å²) in [6.45, 7) is 5.97.